The Morgan fingerprint density at radius 1 is 1.46 bits per heavy atom. The largest absolute Gasteiger partial charge is 0.461 e. The Morgan fingerprint density at radius 3 is 2.38 bits per heavy atom. The monoisotopic (exact) mass is 207 g/mol. The van der Waals surface area contributed by atoms with E-state index in [1.54, 1.807) is 13.0 Å². The number of hydrogen-bond donors (Lipinski definition) is 0. The molecule has 0 aliphatic carbocycles. The van der Waals surface area contributed by atoms with Gasteiger partial charge in [-0.2, -0.15) is 0 Å². The van der Waals surface area contributed by atoms with E-state index in [0.29, 0.717) is 12.2 Å². The van der Waals surface area contributed by atoms with Gasteiger partial charge in [-0.15, -0.1) is 12.4 Å². The lowest BCUT2D eigenvalue weighted by Crippen LogP contribution is -2.20. The van der Waals surface area contributed by atoms with Crippen molar-refractivity contribution in [1.29, 1.82) is 0 Å². The fraction of sp³-hybridized carbons (Fsp3) is 0.667. The zero-order valence-corrected chi connectivity index (χ0v) is 9.48. The van der Waals surface area contributed by atoms with E-state index in [4.69, 9.17) is 4.74 Å². The zero-order chi connectivity index (χ0) is 9.56. The van der Waals surface area contributed by atoms with Gasteiger partial charge in [0.05, 0.1) is 0 Å². The van der Waals surface area contributed by atoms with Crippen molar-refractivity contribution in [2.45, 2.75) is 13.8 Å². The first kappa shape index (κ1) is 15.0. The number of rotatable bonds is 4. The Hall–Kier alpha value is -0.540. The molecule has 0 fully saturated rings. The number of halogens is 1. The summed E-state index contributed by atoms with van der Waals surface area (Å²) in [6.45, 7) is 4.79. The standard InChI is InChI=1S/C9H17NO2.ClH/c1-5-8(2)9(11)12-7-6-10(3)4;/h5H,6-7H2,1-4H3;1H. The first-order valence-corrected chi connectivity index (χ1v) is 4.02. The SMILES string of the molecule is CC=C(C)C(=O)OCCN(C)C.Cl. The minimum Gasteiger partial charge on any atom is -0.461 e. The Morgan fingerprint density at radius 2 is 2.00 bits per heavy atom. The molecule has 0 saturated carbocycles. The predicted molar refractivity (Wildman–Crippen MR) is 56.2 cm³/mol. The van der Waals surface area contributed by atoms with Crippen LogP contribution in [-0.4, -0.2) is 38.1 Å². The van der Waals surface area contributed by atoms with E-state index in [0.717, 1.165) is 6.54 Å². The number of likely N-dealkylation sites (N-methyl/N-ethyl adjacent to an activating group) is 1. The lowest BCUT2D eigenvalue weighted by atomic mass is 10.3. The highest BCUT2D eigenvalue weighted by molar-refractivity contribution is 5.87. The summed E-state index contributed by atoms with van der Waals surface area (Å²) in [7, 11) is 3.88. The molecule has 0 radical (unpaired) electrons. The van der Waals surface area contributed by atoms with Crippen LogP contribution in [0.25, 0.3) is 0 Å². The predicted octanol–water partition coefficient (Wildman–Crippen LogP) is 1.48. The molecule has 0 unspecified atom stereocenters. The van der Waals surface area contributed by atoms with Crippen molar-refractivity contribution >= 4 is 18.4 Å². The van der Waals surface area contributed by atoms with E-state index in [1.807, 2.05) is 25.9 Å². The van der Waals surface area contributed by atoms with Crippen LogP contribution in [-0.2, 0) is 9.53 Å². The summed E-state index contributed by atoms with van der Waals surface area (Å²) >= 11 is 0. The number of nitrogens with zero attached hydrogens (tertiary/aromatic N) is 1. The maximum Gasteiger partial charge on any atom is 0.333 e. The van der Waals surface area contributed by atoms with E-state index in [9.17, 15) is 4.79 Å². The molecule has 0 atom stereocenters. The lowest BCUT2D eigenvalue weighted by molar-refractivity contribution is -0.139. The Kier molecular flexibility index (Phi) is 9.29. The summed E-state index contributed by atoms with van der Waals surface area (Å²) < 4.78 is 4.96. The zero-order valence-electron chi connectivity index (χ0n) is 8.66. The minimum absolute atomic E-state index is 0. The first-order chi connectivity index (χ1) is 5.57. The second kappa shape index (κ2) is 8.08. The average Bonchev–Trinajstić information content (AvgIpc) is 2.02. The van der Waals surface area contributed by atoms with Crippen LogP contribution in [0.1, 0.15) is 13.8 Å². The van der Waals surface area contributed by atoms with Gasteiger partial charge < -0.3 is 9.64 Å². The summed E-state index contributed by atoms with van der Waals surface area (Å²) in [6.07, 6.45) is 1.75. The van der Waals surface area contributed by atoms with Crippen LogP contribution in [0.3, 0.4) is 0 Å². The van der Waals surface area contributed by atoms with Gasteiger partial charge in [0.1, 0.15) is 6.61 Å². The minimum atomic E-state index is -0.223. The number of hydrogen-bond acceptors (Lipinski definition) is 3. The van der Waals surface area contributed by atoms with Gasteiger partial charge in [-0.3, -0.25) is 0 Å². The molecule has 0 N–H and O–H groups in total. The van der Waals surface area contributed by atoms with Gasteiger partial charge in [0, 0.05) is 12.1 Å². The molecule has 0 rings (SSSR count). The normalized spacial score (nSPS) is 11.0. The van der Waals surface area contributed by atoms with Crippen LogP contribution in [0.2, 0.25) is 0 Å². The van der Waals surface area contributed by atoms with E-state index in [1.165, 1.54) is 0 Å². The van der Waals surface area contributed by atoms with Crippen LogP contribution in [0.5, 0.6) is 0 Å². The first-order valence-electron chi connectivity index (χ1n) is 4.02. The van der Waals surface area contributed by atoms with Crippen molar-refractivity contribution in [2.75, 3.05) is 27.2 Å². The third-order valence-electron chi connectivity index (χ3n) is 1.53. The summed E-state index contributed by atoms with van der Waals surface area (Å²) in [6, 6.07) is 0. The summed E-state index contributed by atoms with van der Waals surface area (Å²) in [4.78, 5) is 13.0. The van der Waals surface area contributed by atoms with Gasteiger partial charge in [-0.25, -0.2) is 4.79 Å². The molecule has 0 heterocycles. The summed E-state index contributed by atoms with van der Waals surface area (Å²) in [5.74, 6) is -0.223. The fourth-order valence-corrected chi connectivity index (χ4v) is 0.553. The third kappa shape index (κ3) is 7.81. The molecule has 0 aliphatic rings. The van der Waals surface area contributed by atoms with Crippen LogP contribution < -0.4 is 0 Å². The maximum atomic E-state index is 11.0. The fourth-order valence-electron chi connectivity index (χ4n) is 0.553. The lowest BCUT2D eigenvalue weighted by Gasteiger charge is -2.09. The number of ether oxygens (including phenoxy) is 1. The second-order valence-corrected chi connectivity index (χ2v) is 2.91. The van der Waals surface area contributed by atoms with Crippen molar-refractivity contribution in [2.24, 2.45) is 0 Å². The molecule has 78 valence electrons. The Bertz CT molecular complexity index is 178. The quantitative estimate of drug-likeness (QED) is 0.517. The number of carbonyl (C=O) groups is 1. The van der Waals surface area contributed by atoms with Crippen molar-refractivity contribution in [3.63, 3.8) is 0 Å². The molecular formula is C9H18ClNO2. The highest BCUT2D eigenvalue weighted by atomic mass is 35.5. The van der Waals surface area contributed by atoms with E-state index >= 15 is 0 Å². The van der Waals surface area contributed by atoms with Crippen LogP contribution >= 0.6 is 12.4 Å². The van der Waals surface area contributed by atoms with Crippen molar-refractivity contribution in [1.82, 2.24) is 4.90 Å². The molecule has 4 heteroatoms. The Balaban J connectivity index is 0. The number of esters is 1. The topological polar surface area (TPSA) is 29.5 Å². The molecule has 0 bridgehead atoms. The van der Waals surface area contributed by atoms with Crippen LogP contribution in [0.4, 0.5) is 0 Å². The molecule has 0 aliphatic heterocycles. The van der Waals surface area contributed by atoms with Crippen molar-refractivity contribution < 1.29 is 9.53 Å². The molecule has 3 nitrogen and oxygen atoms in total. The van der Waals surface area contributed by atoms with E-state index in [-0.39, 0.29) is 18.4 Å². The van der Waals surface area contributed by atoms with Gasteiger partial charge in [0.15, 0.2) is 0 Å². The number of carbonyl (C=O) groups excluding carboxylic acids is 1. The molecule has 0 spiro atoms. The molecular weight excluding hydrogens is 190 g/mol. The third-order valence-corrected chi connectivity index (χ3v) is 1.53. The second-order valence-electron chi connectivity index (χ2n) is 2.91. The summed E-state index contributed by atoms with van der Waals surface area (Å²) in [5.41, 5.74) is 0.661. The van der Waals surface area contributed by atoms with E-state index < -0.39 is 0 Å². The van der Waals surface area contributed by atoms with Gasteiger partial charge in [-0.05, 0) is 27.9 Å². The average molecular weight is 208 g/mol. The van der Waals surface area contributed by atoms with Gasteiger partial charge in [0.25, 0.3) is 0 Å². The summed E-state index contributed by atoms with van der Waals surface area (Å²) in [5, 5.41) is 0. The van der Waals surface area contributed by atoms with Gasteiger partial charge in [-0.1, -0.05) is 6.08 Å². The van der Waals surface area contributed by atoms with Gasteiger partial charge in [0.2, 0.25) is 0 Å². The molecule has 0 amide bonds. The van der Waals surface area contributed by atoms with Crippen molar-refractivity contribution in [3.05, 3.63) is 11.6 Å². The molecule has 0 aromatic carbocycles. The highest BCUT2D eigenvalue weighted by Crippen LogP contribution is 1.95. The van der Waals surface area contributed by atoms with E-state index in [2.05, 4.69) is 0 Å². The van der Waals surface area contributed by atoms with Crippen LogP contribution in [0, 0.1) is 0 Å². The van der Waals surface area contributed by atoms with Crippen molar-refractivity contribution in [3.8, 4) is 0 Å². The maximum absolute atomic E-state index is 11.0. The smallest absolute Gasteiger partial charge is 0.333 e. The number of allylic oxidation sites excluding steroid dienone is 1. The molecule has 0 saturated heterocycles. The van der Waals surface area contributed by atoms with Gasteiger partial charge >= 0.3 is 5.97 Å². The molecule has 0 aromatic heterocycles. The Labute approximate surface area is 86.2 Å². The van der Waals surface area contributed by atoms with Crippen LogP contribution in [0.15, 0.2) is 11.6 Å². The molecule has 0 aromatic rings. The molecule has 13 heavy (non-hydrogen) atoms. The highest BCUT2D eigenvalue weighted by Gasteiger charge is 2.03.